The minimum absolute atomic E-state index is 0.0230. The highest BCUT2D eigenvalue weighted by Gasteiger charge is 2.16. The van der Waals surface area contributed by atoms with Crippen LogP contribution in [-0.4, -0.2) is 38.7 Å². The van der Waals surface area contributed by atoms with Gasteiger partial charge in [-0.05, 0) is 32.0 Å². The molecule has 0 heterocycles. The molecule has 0 aliphatic carbocycles. The number of urea groups is 1. The van der Waals surface area contributed by atoms with Crippen molar-refractivity contribution >= 4 is 17.6 Å². The SMILES string of the molecule is CCOc1ccc(NC(=O)NC(=O)C[NH+](C)Cc2ccccc2F)cc1OCC. The highest BCUT2D eigenvalue weighted by atomic mass is 19.1. The molecule has 2 aromatic carbocycles. The van der Waals surface area contributed by atoms with Gasteiger partial charge in [-0.3, -0.25) is 10.1 Å². The normalized spacial score (nSPS) is 11.4. The van der Waals surface area contributed by atoms with Crippen LogP contribution in [0, 0.1) is 5.82 Å². The van der Waals surface area contributed by atoms with E-state index in [1.54, 1.807) is 43.4 Å². The second kappa shape index (κ2) is 11.0. The summed E-state index contributed by atoms with van der Waals surface area (Å²) in [5, 5.41) is 4.87. The van der Waals surface area contributed by atoms with Gasteiger partial charge in [-0.2, -0.15) is 0 Å². The number of carbonyl (C=O) groups is 2. The van der Waals surface area contributed by atoms with E-state index in [4.69, 9.17) is 9.47 Å². The highest BCUT2D eigenvalue weighted by Crippen LogP contribution is 2.30. The van der Waals surface area contributed by atoms with Crippen molar-refractivity contribution in [1.82, 2.24) is 5.32 Å². The summed E-state index contributed by atoms with van der Waals surface area (Å²) in [4.78, 5) is 25.0. The number of anilines is 1. The maximum Gasteiger partial charge on any atom is 0.326 e. The Morgan fingerprint density at radius 2 is 1.72 bits per heavy atom. The number of hydrogen-bond acceptors (Lipinski definition) is 4. The van der Waals surface area contributed by atoms with Crippen molar-refractivity contribution in [2.75, 3.05) is 32.1 Å². The maximum atomic E-state index is 13.7. The Morgan fingerprint density at radius 3 is 2.41 bits per heavy atom. The third-order valence-electron chi connectivity index (χ3n) is 3.97. The lowest BCUT2D eigenvalue weighted by molar-refractivity contribution is -0.885. The number of likely N-dealkylation sites (N-methyl/N-ethyl adjacent to an activating group) is 1. The molecular weight excluding hydrogens is 377 g/mol. The molecule has 7 nitrogen and oxygen atoms in total. The molecule has 8 heteroatoms. The molecule has 0 aliphatic heterocycles. The van der Waals surface area contributed by atoms with Crippen LogP contribution >= 0.6 is 0 Å². The number of hydrogen-bond donors (Lipinski definition) is 3. The lowest BCUT2D eigenvalue weighted by atomic mass is 10.2. The third kappa shape index (κ3) is 7.08. The first-order valence-corrected chi connectivity index (χ1v) is 9.48. The standard InChI is InChI=1S/C21H26FN3O4/c1-4-28-18-11-10-16(12-19(18)29-5-2)23-21(27)24-20(26)14-25(3)13-15-8-6-7-9-17(15)22/h6-12H,4-5,13-14H2,1-3H3,(H2,23,24,26,27)/p+1. The van der Waals surface area contributed by atoms with E-state index < -0.39 is 11.9 Å². The van der Waals surface area contributed by atoms with Crippen LogP contribution in [0.2, 0.25) is 0 Å². The van der Waals surface area contributed by atoms with Crippen LogP contribution in [0.3, 0.4) is 0 Å². The summed E-state index contributed by atoms with van der Waals surface area (Å²) in [5.41, 5.74) is 0.981. The van der Waals surface area contributed by atoms with Gasteiger partial charge >= 0.3 is 6.03 Å². The molecule has 0 spiro atoms. The number of benzene rings is 2. The first-order valence-electron chi connectivity index (χ1n) is 9.48. The topological polar surface area (TPSA) is 81.1 Å². The minimum atomic E-state index is -0.652. The molecule has 0 saturated carbocycles. The number of halogens is 1. The predicted molar refractivity (Wildman–Crippen MR) is 108 cm³/mol. The van der Waals surface area contributed by atoms with Gasteiger partial charge in [-0.15, -0.1) is 0 Å². The van der Waals surface area contributed by atoms with E-state index in [2.05, 4.69) is 10.6 Å². The van der Waals surface area contributed by atoms with Crippen molar-refractivity contribution in [2.45, 2.75) is 20.4 Å². The fourth-order valence-corrected chi connectivity index (χ4v) is 2.77. The third-order valence-corrected chi connectivity index (χ3v) is 3.97. The lowest BCUT2D eigenvalue weighted by Crippen LogP contribution is -3.09. The van der Waals surface area contributed by atoms with Gasteiger partial charge in [-0.1, -0.05) is 18.2 Å². The summed E-state index contributed by atoms with van der Waals surface area (Å²) in [6.07, 6.45) is 0. The molecule has 3 amide bonds. The van der Waals surface area contributed by atoms with Crippen molar-refractivity contribution in [2.24, 2.45) is 0 Å². The summed E-state index contributed by atoms with van der Waals surface area (Å²) >= 11 is 0. The van der Waals surface area contributed by atoms with Crippen LogP contribution < -0.4 is 25.0 Å². The fraction of sp³-hybridized carbons (Fsp3) is 0.333. The Kier molecular flexibility index (Phi) is 8.42. The van der Waals surface area contributed by atoms with Gasteiger partial charge in [0.2, 0.25) is 0 Å². The van der Waals surface area contributed by atoms with E-state index in [0.717, 1.165) is 4.90 Å². The molecule has 2 aromatic rings. The van der Waals surface area contributed by atoms with Gasteiger partial charge in [0.1, 0.15) is 12.4 Å². The number of ether oxygens (including phenoxy) is 2. The monoisotopic (exact) mass is 404 g/mol. The summed E-state index contributed by atoms with van der Waals surface area (Å²) in [7, 11) is 1.75. The first kappa shape index (κ1) is 22.2. The van der Waals surface area contributed by atoms with Crippen LogP contribution in [0.5, 0.6) is 11.5 Å². The van der Waals surface area contributed by atoms with E-state index in [-0.39, 0.29) is 12.4 Å². The first-order chi connectivity index (χ1) is 13.9. The molecule has 0 aliphatic rings. The second-order valence-electron chi connectivity index (χ2n) is 6.43. The molecular formula is C21H27FN3O4+. The van der Waals surface area contributed by atoms with Crippen LogP contribution in [0.1, 0.15) is 19.4 Å². The number of amides is 3. The number of imide groups is 1. The molecule has 0 fully saturated rings. The van der Waals surface area contributed by atoms with E-state index in [1.807, 2.05) is 13.8 Å². The minimum Gasteiger partial charge on any atom is -0.490 e. The molecule has 1 unspecified atom stereocenters. The van der Waals surface area contributed by atoms with Gasteiger partial charge in [-0.25, -0.2) is 9.18 Å². The van der Waals surface area contributed by atoms with Crippen LogP contribution in [0.25, 0.3) is 0 Å². The molecule has 0 bridgehead atoms. The van der Waals surface area contributed by atoms with Gasteiger partial charge in [0.25, 0.3) is 5.91 Å². The quantitative estimate of drug-likeness (QED) is 0.597. The van der Waals surface area contributed by atoms with Crippen molar-refractivity contribution in [3.63, 3.8) is 0 Å². The summed E-state index contributed by atoms with van der Waals surface area (Å²) in [5.74, 6) is 0.306. The largest absolute Gasteiger partial charge is 0.490 e. The summed E-state index contributed by atoms with van der Waals surface area (Å²) in [6.45, 7) is 5.01. The van der Waals surface area contributed by atoms with Gasteiger partial charge in [0.05, 0.1) is 20.3 Å². The van der Waals surface area contributed by atoms with E-state index in [9.17, 15) is 14.0 Å². The number of carbonyl (C=O) groups excluding carboxylic acids is 2. The van der Waals surface area contributed by atoms with Crippen LogP contribution in [0.15, 0.2) is 42.5 Å². The van der Waals surface area contributed by atoms with E-state index >= 15 is 0 Å². The Morgan fingerprint density at radius 1 is 1.03 bits per heavy atom. The van der Waals surface area contributed by atoms with Gasteiger partial charge < -0.3 is 19.7 Å². The van der Waals surface area contributed by atoms with E-state index in [1.165, 1.54) is 6.07 Å². The molecule has 2 rings (SSSR count). The lowest BCUT2D eigenvalue weighted by Gasteiger charge is -2.15. The maximum absolute atomic E-state index is 13.7. The summed E-state index contributed by atoms with van der Waals surface area (Å²) in [6, 6.07) is 10.7. The summed E-state index contributed by atoms with van der Waals surface area (Å²) < 4.78 is 24.7. The van der Waals surface area contributed by atoms with Crippen LogP contribution in [0.4, 0.5) is 14.9 Å². The molecule has 3 N–H and O–H groups in total. The zero-order chi connectivity index (χ0) is 21.2. The fourth-order valence-electron chi connectivity index (χ4n) is 2.77. The van der Waals surface area contributed by atoms with Crippen molar-refractivity contribution in [1.29, 1.82) is 0 Å². The molecule has 29 heavy (non-hydrogen) atoms. The number of nitrogens with one attached hydrogen (secondary N) is 3. The molecule has 156 valence electrons. The average Bonchev–Trinajstić information content (AvgIpc) is 2.65. The van der Waals surface area contributed by atoms with Gasteiger partial charge in [0.15, 0.2) is 18.0 Å². The Labute approximate surface area is 169 Å². The zero-order valence-corrected chi connectivity index (χ0v) is 16.9. The zero-order valence-electron chi connectivity index (χ0n) is 16.9. The predicted octanol–water partition coefficient (Wildman–Crippen LogP) is 1.99. The molecule has 0 radical (unpaired) electrons. The number of rotatable bonds is 9. The Balaban J connectivity index is 1.88. The van der Waals surface area contributed by atoms with E-state index in [0.29, 0.717) is 42.5 Å². The number of quaternary nitrogens is 1. The average molecular weight is 404 g/mol. The van der Waals surface area contributed by atoms with Gasteiger partial charge in [0, 0.05) is 17.3 Å². The molecule has 0 aromatic heterocycles. The smallest absolute Gasteiger partial charge is 0.326 e. The molecule has 1 atom stereocenters. The van der Waals surface area contributed by atoms with Crippen molar-refractivity contribution < 1.29 is 28.4 Å². The highest BCUT2D eigenvalue weighted by molar-refractivity contribution is 6.01. The Hall–Kier alpha value is -3.13. The van der Waals surface area contributed by atoms with Crippen molar-refractivity contribution in [3.05, 3.63) is 53.8 Å². The van der Waals surface area contributed by atoms with Crippen LogP contribution in [-0.2, 0) is 11.3 Å². The van der Waals surface area contributed by atoms with Crippen molar-refractivity contribution in [3.8, 4) is 11.5 Å². The second-order valence-corrected chi connectivity index (χ2v) is 6.43. The molecule has 0 saturated heterocycles. The Bertz CT molecular complexity index is 844.